The van der Waals surface area contributed by atoms with E-state index < -0.39 is 11.7 Å². The predicted octanol–water partition coefficient (Wildman–Crippen LogP) is 2.17. The molecule has 1 aromatic carbocycles. The molecule has 1 rings (SSSR count). The van der Waals surface area contributed by atoms with Crippen molar-refractivity contribution < 1.29 is 13.2 Å². The van der Waals surface area contributed by atoms with Crippen LogP contribution >= 0.6 is 0 Å². The molecule has 0 unspecified atom stereocenters. The average Bonchev–Trinajstić information content (AvgIpc) is 2.25. The maximum Gasteiger partial charge on any atom is 0.416 e. The van der Waals surface area contributed by atoms with E-state index in [4.69, 9.17) is 11.5 Å². The van der Waals surface area contributed by atoms with Crippen LogP contribution in [0.3, 0.4) is 0 Å². The Morgan fingerprint density at radius 1 is 1.19 bits per heavy atom. The van der Waals surface area contributed by atoms with Crippen LogP contribution in [0, 0.1) is 0 Å². The lowest BCUT2D eigenvalue weighted by atomic mass is 10.2. The minimum Gasteiger partial charge on any atom is -0.403 e. The van der Waals surface area contributed by atoms with Crippen molar-refractivity contribution in [2.45, 2.75) is 6.18 Å². The van der Waals surface area contributed by atoms with E-state index in [-0.39, 0.29) is 5.70 Å². The number of nitrogens with two attached hydrogens (primary N) is 2. The molecule has 0 heterocycles. The van der Waals surface area contributed by atoms with Crippen LogP contribution in [0.5, 0.6) is 0 Å². The number of alkyl halides is 3. The lowest BCUT2D eigenvalue weighted by molar-refractivity contribution is -0.137. The van der Waals surface area contributed by atoms with E-state index in [1.54, 1.807) is 0 Å². The average molecular weight is 229 g/mol. The van der Waals surface area contributed by atoms with E-state index >= 15 is 0 Å². The van der Waals surface area contributed by atoms with Crippen molar-refractivity contribution in [2.75, 3.05) is 0 Å². The van der Waals surface area contributed by atoms with Crippen molar-refractivity contribution in [3.8, 4) is 0 Å². The number of nitrogens with zero attached hydrogens (tertiary/aromatic N) is 1. The third-order valence-electron chi connectivity index (χ3n) is 1.75. The highest BCUT2D eigenvalue weighted by Crippen LogP contribution is 2.30. The van der Waals surface area contributed by atoms with Crippen LogP contribution in [-0.2, 0) is 6.18 Å². The summed E-state index contributed by atoms with van der Waals surface area (Å²) in [7, 11) is 0. The topological polar surface area (TPSA) is 64.4 Å². The summed E-state index contributed by atoms with van der Waals surface area (Å²) in [6.45, 7) is 0. The van der Waals surface area contributed by atoms with Crippen LogP contribution in [0.1, 0.15) is 5.56 Å². The lowest BCUT2D eigenvalue weighted by Gasteiger charge is -2.05. The zero-order chi connectivity index (χ0) is 12.2. The molecule has 86 valence electrons. The van der Waals surface area contributed by atoms with Crippen molar-refractivity contribution in [1.29, 1.82) is 0 Å². The smallest absolute Gasteiger partial charge is 0.403 e. The van der Waals surface area contributed by atoms with Crippen LogP contribution in [0.2, 0.25) is 0 Å². The van der Waals surface area contributed by atoms with E-state index in [0.29, 0.717) is 5.69 Å². The molecule has 0 aliphatic rings. The first-order chi connectivity index (χ1) is 7.43. The van der Waals surface area contributed by atoms with Crippen molar-refractivity contribution in [3.05, 3.63) is 41.7 Å². The van der Waals surface area contributed by atoms with Gasteiger partial charge in [0.15, 0.2) is 0 Å². The number of benzene rings is 1. The molecule has 6 heteroatoms. The zero-order valence-electron chi connectivity index (χ0n) is 8.20. The van der Waals surface area contributed by atoms with Gasteiger partial charge in [0.25, 0.3) is 0 Å². The summed E-state index contributed by atoms with van der Waals surface area (Å²) >= 11 is 0. The Labute approximate surface area is 90.3 Å². The van der Waals surface area contributed by atoms with E-state index in [9.17, 15) is 13.2 Å². The number of allylic oxidation sites excluding steroid dienone is 1. The van der Waals surface area contributed by atoms with Crippen molar-refractivity contribution in [1.82, 2.24) is 0 Å². The molecule has 0 aliphatic carbocycles. The van der Waals surface area contributed by atoms with E-state index in [0.717, 1.165) is 18.3 Å². The SMILES string of the molecule is N/C=C(/N)C=Nc1ccc(C(F)(F)F)cc1. The molecule has 0 saturated heterocycles. The molecule has 0 aromatic heterocycles. The Kier molecular flexibility index (Phi) is 3.55. The van der Waals surface area contributed by atoms with Crippen LogP contribution in [-0.4, -0.2) is 6.21 Å². The first kappa shape index (κ1) is 12.1. The largest absolute Gasteiger partial charge is 0.416 e. The summed E-state index contributed by atoms with van der Waals surface area (Å²) < 4.78 is 36.6. The Balaban J connectivity index is 2.84. The molecule has 0 aliphatic heterocycles. The normalized spacial score (nSPS) is 13.3. The standard InChI is InChI=1S/C10H10F3N3/c11-10(12,13)7-1-3-9(4-2-7)16-6-8(15)5-14/h1-6H,14-15H2/b8-5+,16-6?. The van der Waals surface area contributed by atoms with Crippen LogP contribution in [0.15, 0.2) is 41.2 Å². The number of rotatable bonds is 2. The maximum absolute atomic E-state index is 12.2. The molecular weight excluding hydrogens is 219 g/mol. The van der Waals surface area contributed by atoms with Gasteiger partial charge in [0.05, 0.1) is 23.2 Å². The van der Waals surface area contributed by atoms with Gasteiger partial charge in [-0.25, -0.2) is 0 Å². The minimum atomic E-state index is -4.33. The van der Waals surface area contributed by atoms with Crippen molar-refractivity contribution >= 4 is 11.9 Å². The highest BCUT2D eigenvalue weighted by atomic mass is 19.4. The second-order valence-electron chi connectivity index (χ2n) is 2.97. The first-order valence-corrected chi connectivity index (χ1v) is 4.32. The van der Waals surface area contributed by atoms with Gasteiger partial charge in [-0.1, -0.05) is 0 Å². The second kappa shape index (κ2) is 4.69. The van der Waals surface area contributed by atoms with E-state index in [1.165, 1.54) is 18.3 Å². The van der Waals surface area contributed by atoms with Crippen LogP contribution < -0.4 is 11.5 Å². The fourth-order valence-electron chi connectivity index (χ4n) is 0.929. The second-order valence-corrected chi connectivity index (χ2v) is 2.97. The Hall–Kier alpha value is -1.98. The van der Waals surface area contributed by atoms with Crippen LogP contribution in [0.4, 0.5) is 18.9 Å². The van der Waals surface area contributed by atoms with Crippen LogP contribution in [0.25, 0.3) is 0 Å². The van der Waals surface area contributed by atoms with Gasteiger partial charge in [0.2, 0.25) is 0 Å². The number of hydrogen-bond donors (Lipinski definition) is 2. The molecule has 0 saturated carbocycles. The predicted molar refractivity (Wildman–Crippen MR) is 56.1 cm³/mol. The lowest BCUT2D eigenvalue weighted by Crippen LogP contribution is -2.03. The summed E-state index contributed by atoms with van der Waals surface area (Å²) in [6, 6.07) is 4.41. The van der Waals surface area contributed by atoms with Gasteiger partial charge in [0, 0.05) is 6.20 Å². The van der Waals surface area contributed by atoms with Crippen molar-refractivity contribution in [2.24, 2.45) is 16.5 Å². The monoisotopic (exact) mass is 229 g/mol. The van der Waals surface area contributed by atoms with Gasteiger partial charge in [-0.3, -0.25) is 4.99 Å². The molecule has 3 nitrogen and oxygen atoms in total. The van der Waals surface area contributed by atoms with Gasteiger partial charge in [-0.15, -0.1) is 0 Å². The van der Waals surface area contributed by atoms with E-state index in [2.05, 4.69) is 4.99 Å². The van der Waals surface area contributed by atoms with Gasteiger partial charge in [-0.05, 0) is 24.3 Å². The first-order valence-electron chi connectivity index (χ1n) is 4.32. The third kappa shape index (κ3) is 3.30. The van der Waals surface area contributed by atoms with Gasteiger partial charge in [0.1, 0.15) is 0 Å². The highest BCUT2D eigenvalue weighted by molar-refractivity contribution is 5.79. The molecular formula is C10H10F3N3. The van der Waals surface area contributed by atoms with Gasteiger partial charge >= 0.3 is 6.18 Å². The molecule has 0 fully saturated rings. The van der Waals surface area contributed by atoms with Crippen molar-refractivity contribution in [3.63, 3.8) is 0 Å². The molecule has 16 heavy (non-hydrogen) atoms. The quantitative estimate of drug-likeness (QED) is 0.763. The van der Waals surface area contributed by atoms with E-state index in [1.807, 2.05) is 0 Å². The number of aliphatic imine (C=N–C) groups is 1. The van der Waals surface area contributed by atoms with Gasteiger partial charge in [-0.2, -0.15) is 13.2 Å². The highest BCUT2D eigenvalue weighted by Gasteiger charge is 2.29. The molecule has 1 aromatic rings. The summed E-state index contributed by atoms with van der Waals surface area (Å²) in [5.74, 6) is 0. The summed E-state index contributed by atoms with van der Waals surface area (Å²) in [5, 5.41) is 0. The minimum absolute atomic E-state index is 0.236. The molecule has 4 N–H and O–H groups in total. The summed E-state index contributed by atoms with van der Waals surface area (Å²) in [4.78, 5) is 3.83. The fourth-order valence-corrected chi connectivity index (χ4v) is 0.929. The third-order valence-corrected chi connectivity index (χ3v) is 1.75. The maximum atomic E-state index is 12.2. The fraction of sp³-hybridized carbons (Fsp3) is 0.100. The van der Waals surface area contributed by atoms with Gasteiger partial charge < -0.3 is 11.5 Å². The molecule has 0 atom stereocenters. The molecule has 0 amide bonds. The number of hydrogen-bond acceptors (Lipinski definition) is 3. The summed E-state index contributed by atoms with van der Waals surface area (Å²) in [6.07, 6.45) is -1.92. The Morgan fingerprint density at radius 3 is 2.19 bits per heavy atom. The Bertz CT molecular complexity index is 404. The Morgan fingerprint density at radius 2 is 1.75 bits per heavy atom. The molecule has 0 radical (unpaired) electrons. The number of halogens is 3. The zero-order valence-corrected chi connectivity index (χ0v) is 8.20. The summed E-state index contributed by atoms with van der Waals surface area (Å²) in [5.41, 5.74) is 10.3. The molecule has 0 spiro atoms. The molecule has 0 bridgehead atoms.